The Morgan fingerprint density at radius 3 is 2.88 bits per heavy atom. The Morgan fingerprint density at radius 1 is 1.33 bits per heavy atom. The van der Waals surface area contributed by atoms with Crippen LogP contribution in [0.1, 0.15) is 48.7 Å². The Balaban J connectivity index is 0.00000100. The lowest BCUT2D eigenvalue weighted by Gasteiger charge is -2.28. The molecule has 2 heterocycles. The molecular formula is C19H27N3O2. The van der Waals surface area contributed by atoms with Gasteiger partial charge in [0.2, 0.25) is 0 Å². The lowest BCUT2D eigenvalue weighted by Crippen LogP contribution is -2.24. The van der Waals surface area contributed by atoms with Crippen molar-refractivity contribution in [3.63, 3.8) is 0 Å². The minimum absolute atomic E-state index is 0.320. The highest BCUT2D eigenvalue weighted by atomic mass is 16.5. The fourth-order valence-electron chi connectivity index (χ4n) is 2.86. The van der Waals surface area contributed by atoms with E-state index in [9.17, 15) is 4.79 Å². The van der Waals surface area contributed by atoms with Gasteiger partial charge in [0.25, 0.3) is 0 Å². The van der Waals surface area contributed by atoms with Gasteiger partial charge in [-0.2, -0.15) is 5.10 Å². The second kappa shape index (κ2) is 8.52. The van der Waals surface area contributed by atoms with Gasteiger partial charge in [0.15, 0.2) is 0 Å². The second-order valence-electron chi connectivity index (χ2n) is 5.64. The number of carbonyl (C=O) groups excluding carboxylic acids is 1. The largest absolute Gasteiger partial charge is 0.462 e. The summed E-state index contributed by atoms with van der Waals surface area (Å²) in [5, 5.41) is 4.25. The first kappa shape index (κ1) is 18.0. The third kappa shape index (κ3) is 4.16. The Morgan fingerprint density at radius 2 is 2.12 bits per heavy atom. The molecule has 5 nitrogen and oxygen atoms in total. The quantitative estimate of drug-likeness (QED) is 0.805. The normalized spacial score (nSPS) is 12.9. The summed E-state index contributed by atoms with van der Waals surface area (Å²) in [6.07, 6.45) is 5.66. The minimum atomic E-state index is -0.320. The summed E-state index contributed by atoms with van der Waals surface area (Å²) in [6, 6.07) is 6.57. The van der Waals surface area contributed by atoms with Gasteiger partial charge in [-0.25, -0.2) is 4.79 Å². The van der Waals surface area contributed by atoms with Gasteiger partial charge in [0.05, 0.1) is 24.9 Å². The average molecular weight is 329 g/mol. The van der Waals surface area contributed by atoms with Gasteiger partial charge in [-0.15, -0.1) is 0 Å². The van der Waals surface area contributed by atoms with Crippen molar-refractivity contribution >= 4 is 11.7 Å². The standard InChI is InChI=1S/C17H21N3O2.C2H6/c1-3-22-17(21)15-10-18-20(12-15)11-13-6-7-14-5-4-8-19(2)16(14)9-13;1-2/h6-7,9-10,12H,3-5,8,11H2,1-2H3;1-2H3. The zero-order valence-electron chi connectivity index (χ0n) is 15.1. The molecule has 24 heavy (non-hydrogen) atoms. The summed E-state index contributed by atoms with van der Waals surface area (Å²) < 4.78 is 6.76. The van der Waals surface area contributed by atoms with Crippen LogP contribution in [0.15, 0.2) is 30.6 Å². The summed E-state index contributed by atoms with van der Waals surface area (Å²) in [5.74, 6) is -0.320. The SMILES string of the molecule is CC.CCOC(=O)c1cnn(Cc2ccc3c(c2)N(C)CCC3)c1. The topological polar surface area (TPSA) is 47.4 Å². The molecular weight excluding hydrogens is 302 g/mol. The summed E-state index contributed by atoms with van der Waals surface area (Å²) >= 11 is 0. The van der Waals surface area contributed by atoms with E-state index >= 15 is 0 Å². The summed E-state index contributed by atoms with van der Waals surface area (Å²) in [6.45, 7) is 7.93. The molecule has 0 spiro atoms. The molecule has 0 saturated heterocycles. The number of carbonyl (C=O) groups is 1. The van der Waals surface area contributed by atoms with Crippen LogP contribution in [0.2, 0.25) is 0 Å². The molecule has 1 aromatic carbocycles. The molecule has 0 N–H and O–H groups in total. The van der Waals surface area contributed by atoms with Gasteiger partial charge < -0.3 is 9.64 Å². The molecule has 1 aliphatic heterocycles. The molecule has 0 unspecified atom stereocenters. The Kier molecular flexibility index (Phi) is 6.41. The molecule has 1 aliphatic rings. The van der Waals surface area contributed by atoms with E-state index in [0.717, 1.165) is 13.0 Å². The number of hydrogen-bond acceptors (Lipinski definition) is 4. The van der Waals surface area contributed by atoms with E-state index in [-0.39, 0.29) is 5.97 Å². The zero-order chi connectivity index (χ0) is 17.5. The van der Waals surface area contributed by atoms with Crippen molar-refractivity contribution in [2.24, 2.45) is 0 Å². The fourth-order valence-corrected chi connectivity index (χ4v) is 2.86. The number of esters is 1. The first-order valence-electron chi connectivity index (χ1n) is 8.70. The third-order valence-electron chi connectivity index (χ3n) is 3.99. The number of nitrogens with zero attached hydrogens (tertiary/aromatic N) is 3. The van der Waals surface area contributed by atoms with Crippen LogP contribution in [0, 0.1) is 0 Å². The van der Waals surface area contributed by atoms with Crippen LogP contribution in [-0.4, -0.2) is 35.9 Å². The molecule has 0 aliphatic carbocycles. The molecule has 5 heteroatoms. The van der Waals surface area contributed by atoms with E-state index in [1.165, 1.54) is 23.2 Å². The van der Waals surface area contributed by atoms with Gasteiger partial charge in [-0.3, -0.25) is 4.68 Å². The predicted octanol–water partition coefficient (Wildman–Crippen LogP) is 3.52. The molecule has 0 amide bonds. The monoisotopic (exact) mass is 329 g/mol. The lowest BCUT2D eigenvalue weighted by molar-refractivity contribution is 0.0526. The number of ether oxygens (including phenoxy) is 1. The van der Waals surface area contributed by atoms with Crippen molar-refractivity contribution in [1.29, 1.82) is 0 Å². The Labute approximate surface area is 144 Å². The summed E-state index contributed by atoms with van der Waals surface area (Å²) in [5.41, 5.74) is 4.40. The van der Waals surface area contributed by atoms with Crippen LogP contribution in [0.25, 0.3) is 0 Å². The molecule has 3 rings (SSSR count). The lowest BCUT2D eigenvalue weighted by atomic mass is 10.00. The van der Waals surface area contributed by atoms with Crippen LogP contribution in [0.4, 0.5) is 5.69 Å². The molecule has 0 saturated carbocycles. The summed E-state index contributed by atoms with van der Waals surface area (Å²) in [4.78, 5) is 14.0. The number of benzene rings is 1. The maximum Gasteiger partial charge on any atom is 0.341 e. The predicted molar refractivity (Wildman–Crippen MR) is 96.7 cm³/mol. The van der Waals surface area contributed by atoms with Crippen molar-refractivity contribution in [3.8, 4) is 0 Å². The molecule has 130 valence electrons. The first-order valence-corrected chi connectivity index (χ1v) is 8.70. The highest BCUT2D eigenvalue weighted by Crippen LogP contribution is 2.27. The van der Waals surface area contributed by atoms with Gasteiger partial charge in [0, 0.05) is 25.5 Å². The number of fused-ring (bicyclic) bond motifs is 1. The maximum atomic E-state index is 11.7. The van der Waals surface area contributed by atoms with Crippen molar-refractivity contribution in [1.82, 2.24) is 9.78 Å². The van der Waals surface area contributed by atoms with Crippen molar-refractivity contribution in [2.45, 2.75) is 40.2 Å². The van der Waals surface area contributed by atoms with Crippen LogP contribution < -0.4 is 4.90 Å². The second-order valence-corrected chi connectivity index (χ2v) is 5.64. The van der Waals surface area contributed by atoms with E-state index < -0.39 is 0 Å². The zero-order valence-corrected chi connectivity index (χ0v) is 15.1. The maximum absolute atomic E-state index is 11.7. The fraction of sp³-hybridized carbons (Fsp3) is 0.474. The minimum Gasteiger partial charge on any atom is -0.462 e. The van der Waals surface area contributed by atoms with Crippen molar-refractivity contribution < 1.29 is 9.53 Å². The summed E-state index contributed by atoms with van der Waals surface area (Å²) in [7, 11) is 2.13. The number of aromatic nitrogens is 2. The highest BCUT2D eigenvalue weighted by molar-refractivity contribution is 5.88. The van der Waals surface area contributed by atoms with Crippen LogP contribution >= 0.6 is 0 Å². The molecule has 0 fully saturated rings. The Hall–Kier alpha value is -2.30. The third-order valence-corrected chi connectivity index (χ3v) is 3.99. The number of aryl methyl sites for hydroxylation is 1. The molecule has 0 bridgehead atoms. The van der Waals surface area contributed by atoms with E-state index in [4.69, 9.17) is 4.74 Å². The van der Waals surface area contributed by atoms with E-state index in [1.54, 1.807) is 24.0 Å². The van der Waals surface area contributed by atoms with E-state index in [0.29, 0.717) is 18.7 Å². The molecule has 0 atom stereocenters. The van der Waals surface area contributed by atoms with Gasteiger partial charge in [0.1, 0.15) is 0 Å². The number of rotatable bonds is 4. The molecule has 0 radical (unpaired) electrons. The molecule has 1 aromatic heterocycles. The van der Waals surface area contributed by atoms with E-state index in [1.807, 2.05) is 13.8 Å². The van der Waals surface area contributed by atoms with Gasteiger partial charge in [-0.1, -0.05) is 26.0 Å². The van der Waals surface area contributed by atoms with Crippen molar-refractivity contribution in [2.75, 3.05) is 25.1 Å². The van der Waals surface area contributed by atoms with Crippen LogP contribution in [0.3, 0.4) is 0 Å². The molecule has 2 aromatic rings. The number of anilines is 1. The number of hydrogen-bond donors (Lipinski definition) is 0. The van der Waals surface area contributed by atoms with E-state index in [2.05, 4.69) is 35.2 Å². The van der Waals surface area contributed by atoms with Crippen LogP contribution in [-0.2, 0) is 17.7 Å². The van der Waals surface area contributed by atoms with Gasteiger partial charge in [-0.05, 0) is 37.0 Å². The smallest absolute Gasteiger partial charge is 0.341 e. The highest BCUT2D eigenvalue weighted by Gasteiger charge is 2.14. The van der Waals surface area contributed by atoms with Crippen molar-refractivity contribution in [3.05, 3.63) is 47.3 Å². The first-order chi connectivity index (χ1) is 11.7. The van der Waals surface area contributed by atoms with Gasteiger partial charge >= 0.3 is 5.97 Å². The average Bonchev–Trinajstić information content (AvgIpc) is 3.06. The van der Waals surface area contributed by atoms with Crippen LogP contribution in [0.5, 0.6) is 0 Å². The Bertz CT molecular complexity index is 679.